The van der Waals surface area contributed by atoms with Crippen LogP contribution in [0, 0.1) is 17.6 Å². The van der Waals surface area contributed by atoms with E-state index >= 15 is 0 Å². The molecule has 1 aromatic rings. The summed E-state index contributed by atoms with van der Waals surface area (Å²) < 4.78 is 53.5. The summed E-state index contributed by atoms with van der Waals surface area (Å²) in [5, 5.41) is 3.45. The molecule has 0 bridgehead atoms. The second kappa shape index (κ2) is 7.42. The van der Waals surface area contributed by atoms with E-state index in [4.69, 9.17) is 0 Å². The number of benzene rings is 1. The van der Waals surface area contributed by atoms with E-state index in [2.05, 4.69) is 5.32 Å². The molecule has 130 valence electrons. The molecule has 1 saturated carbocycles. The van der Waals surface area contributed by atoms with Crippen LogP contribution in [0.2, 0.25) is 0 Å². The molecular weight excluding hydrogens is 346 g/mol. The molecule has 1 aromatic carbocycles. The van der Waals surface area contributed by atoms with Gasteiger partial charge < -0.3 is 5.32 Å². The Morgan fingerprint density at radius 2 is 1.65 bits per heavy atom. The van der Waals surface area contributed by atoms with Crippen LogP contribution < -0.4 is 5.32 Å². The number of nitrogens with one attached hydrogen (secondary N) is 1. The maximum absolute atomic E-state index is 13.7. The van der Waals surface area contributed by atoms with Gasteiger partial charge in [-0.05, 0) is 50.3 Å². The van der Waals surface area contributed by atoms with Crippen LogP contribution >= 0.6 is 12.4 Å². The molecule has 1 N–H and O–H groups in total. The largest absolute Gasteiger partial charge is 0.314 e. The first kappa shape index (κ1) is 18.6. The fraction of sp³-hybridized carbons (Fsp3) is 0.600. The highest BCUT2D eigenvalue weighted by molar-refractivity contribution is 7.89. The van der Waals surface area contributed by atoms with Crippen LogP contribution in [0.25, 0.3) is 0 Å². The Bertz CT molecular complexity index is 625. The molecule has 0 atom stereocenters. The summed E-state index contributed by atoms with van der Waals surface area (Å²) in [6.07, 6.45) is 3.88. The zero-order valence-electron chi connectivity index (χ0n) is 12.7. The average Bonchev–Trinajstić information content (AvgIpc) is 3.29. The molecule has 8 heteroatoms. The van der Waals surface area contributed by atoms with Crippen molar-refractivity contribution in [2.45, 2.75) is 36.6 Å². The van der Waals surface area contributed by atoms with E-state index in [1.807, 2.05) is 0 Å². The van der Waals surface area contributed by atoms with Crippen molar-refractivity contribution in [3.8, 4) is 0 Å². The van der Waals surface area contributed by atoms with Gasteiger partial charge in [-0.25, -0.2) is 17.2 Å². The lowest BCUT2D eigenvalue weighted by molar-refractivity contribution is 0.286. The zero-order chi connectivity index (χ0) is 15.7. The summed E-state index contributed by atoms with van der Waals surface area (Å²) in [5.74, 6) is -1.29. The van der Waals surface area contributed by atoms with Gasteiger partial charge in [0, 0.05) is 19.1 Å². The summed E-state index contributed by atoms with van der Waals surface area (Å²) in [6.45, 7) is 1.57. The lowest BCUT2D eigenvalue weighted by Crippen LogP contribution is -2.45. The predicted molar refractivity (Wildman–Crippen MR) is 86.1 cm³/mol. The van der Waals surface area contributed by atoms with Crippen LogP contribution in [0.3, 0.4) is 0 Å². The molecule has 1 aliphatic carbocycles. The molecule has 0 radical (unpaired) electrons. The van der Waals surface area contributed by atoms with E-state index in [9.17, 15) is 17.2 Å². The van der Waals surface area contributed by atoms with E-state index in [1.165, 1.54) is 17.1 Å². The van der Waals surface area contributed by atoms with Gasteiger partial charge in [0.15, 0.2) is 4.90 Å². The molecule has 0 unspecified atom stereocenters. The van der Waals surface area contributed by atoms with Gasteiger partial charge in [-0.1, -0.05) is 6.07 Å². The smallest absolute Gasteiger partial charge is 0.248 e. The maximum atomic E-state index is 13.7. The highest BCUT2D eigenvalue weighted by Gasteiger charge is 2.33. The first-order chi connectivity index (χ1) is 10.5. The number of sulfonamides is 1. The Labute approximate surface area is 141 Å². The van der Waals surface area contributed by atoms with Gasteiger partial charge in [-0.3, -0.25) is 0 Å². The summed E-state index contributed by atoms with van der Waals surface area (Å²) in [4.78, 5) is -0.834. The molecule has 0 spiro atoms. The number of halogens is 3. The van der Waals surface area contributed by atoms with Gasteiger partial charge in [0.1, 0.15) is 11.6 Å². The summed E-state index contributed by atoms with van der Waals surface area (Å²) in [5.41, 5.74) is 0. The van der Waals surface area contributed by atoms with Crippen molar-refractivity contribution in [1.82, 2.24) is 9.62 Å². The average molecular weight is 367 g/mol. The highest BCUT2D eigenvalue weighted by Crippen LogP contribution is 2.29. The number of rotatable bonds is 5. The monoisotopic (exact) mass is 366 g/mol. The minimum absolute atomic E-state index is 0. The van der Waals surface area contributed by atoms with Crippen LogP contribution in [-0.2, 0) is 10.0 Å². The fourth-order valence-electron chi connectivity index (χ4n) is 2.81. The second-order valence-corrected chi connectivity index (χ2v) is 7.96. The van der Waals surface area contributed by atoms with Crippen LogP contribution in [0.1, 0.15) is 25.7 Å². The number of hydrogen-bond donors (Lipinski definition) is 1. The Morgan fingerprint density at radius 1 is 1.09 bits per heavy atom. The Hall–Kier alpha value is -0.760. The van der Waals surface area contributed by atoms with Crippen molar-refractivity contribution in [2.24, 2.45) is 5.92 Å². The first-order valence-electron chi connectivity index (χ1n) is 7.66. The predicted octanol–water partition coefficient (Wildman–Crippen LogP) is 2.54. The van der Waals surface area contributed by atoms with E-state index in [1.54, 1.807) is 0 Å². The Balaban J connectivity index is 0.00000192. The molecule has 2 aliphatic rings. The van der Waals surface area contributed by atoms with Gasteiger partial charge in [0.25, 0.3) is 0 Å². The van der Waals surface area contributed by atoms with E-state index < -0.39 is 26.6 Å². The van der Waals surface area contributed by atoms with Gasteiger partial charge in [0.05, 0.1) is 0 Å². The molecule has 1 heterocycles. The summed E-state index contributed by atoms with van der Waals surface area (Å²) >= 11 is 0. The molecule has 2 fully saturated rings. The number of nitrogens with zero attached hydrogens (tertiary/aromatic N) is 1. The minimum atomic E-state index is -4.11. The van der Waals surface area contributed by atoms with Gasteiger partial charge >= 0.3 is 0 Å². The van der Waals surface area contributed by atoms with Gasteiger partial charge in [0.2, 0.25) is 10.0 Å². The van der Waals surface area contributed by atoms with Crippen LogP contribution in [0.15, 0.2) is 23.1 Å². The lowest BCUT2D eigenvalue weighted by atomic mass is 10.1. The summed E-state index contributed by atoms with van der Waals surface area (Å²) in [6, 6.07) is 3.40. The standard InChI is InChI=1S/C15H20F2N2O2S.ClH/c16-13-2-1-3-14(17)15(13)22(20,21)19-8-6-12(7-9-19)18-10-11-4-5-11;/h1-3,11-12,18H,4-10H2;1H. The third kappa shape index (κ3) is 4.21. The van der Waals surface area contributed by atoms with E-state index in [-0.39, 0.29) is 18.4 Å². The molecule has 0 aromatic heterocycles. The van der Waals surface area contributed by atoms with Crippen LogP contribution in [0.4, 0.5) is 8.78 Å². The van der Waals surface area contributed by atoms with Crippen molar-refractivity contribution in [1.29, 1.82) is 0 Å². The SMILES string of the molecule is Cl.O=S(=O)(c1c(F)cccc1F)N1CCC(NCC2CC2)CC1. The van der Waals surface area contributed by atoms with Crippen molar-refractivity contribution >= 4 is 22.4 Å². The highest BCUT2D eigenvalue weighted by atomic mass is 35.5. The van der Waals surface area contributed by atoms with E-state index in [0.717, 1.165) is 30.7 Å². The first-order valence-corrected chi connectivity index (χ1v) is 9.10. The molecule has 1 aliphatic heterocycles. The molecule has 3 rings (SSSR count). The summed E-state index contributed by atoms with van der Waals surface area (Å²) in [7, 11) is -4.11. The number of hydrogen-bond acceptors (Lipinski definition) is 3. The molecule has 0 amide bonds. The van der Waals surface area contributed by atoms with Crippen molar-refractivity contribution < 1.29 is 17.2 Å². The normalized spacial score (nSPS) is 20.3. The van der Waals surface area contributed by atoms with Crippen molar-refractivity contribution in [2.75, 3.05) is 19.6 Å². The quantitative estimate of drug-likeness (QED) is 0.871. The second-order valence-electron chi connectivity index (χ2n) is 6.08. The van der Waals surface area contributed by atoms with Crippen molar-refractivity contribution in [3.05, 3.63) is 29.8 Å². The number of piperidine rings is 1. The minimum Gasteiger partial charge on any atom is -0.314 e. The molecule has 1 saturated heterocycles. The molecule has 23 heavy (non-hydrogen) atoms. The van der Waals surface area contributed by atoms with Crippen molar-refractivity contribution in [3.63, 3.8) is 0 Å². The molecular formula is C15H21ClF2N2O2S. The maximum Gasteiger partial charge on any atom is 0.248 e. The van der Waals surface area contributed by atoms with Gasteiger partial charge in [-0.2, -0.15) is 4.31 Å². The van der Waals surface area contributed by atoms with Crippen LogP contribution in [0.5, 0.6) is 0 Å². The van der Waals surface area contributed by atoms with E-state index in [0.29, 0.717) is 25.9 Å². The van der Waals surface area contributed by atoms with Crippen LogP contribution in [-0.4, -0.2) is 38.4 Å². The third-order valence-corrected chi connectivity index (χ3v) is 6.31. The molecule has 4 nitrogen and oxygen atoms in total. The third-order valence-electron chi connectivity index (χ3n) is 4.36. The Morgan fingerprint density at radius 3 is 2.17 bits per heavy atom. The zero-order valence-corrected chi connectivity index (χ0v) is 14.3. The fourth-order valence-corrected chi connectivity index (χ4v) is 4.39. The topological polar surface area (TPSA) is 49.4 Å². The lowest BCUT2D eigenvalue weighted by Gasteiger charge is -2.31. The Kier molecular flexibility index (Phi) is 5.99. The van der Waals surface area contributed by atoms with Gasteiger partial charge in [-0.15, -0.1) is 12.4 Å².